The lowest BCUT2D eigenvalue weighted by molar-refractivity contribution is 0.0881. The molecule has 3 heteroatoms. The number of benzene rings is 1. The van der Waals surface area contributed by atoms with Crippen molar-refractivity contribution in [3.63, 3.8) is 0 Å². The molecule has 92 valence electrons. The number of aryl methyl sites for hydroxylation is 1. The van der Waals surface area contributed by atoms with Crippen molar-refractivity contribution >= 4 is 5.78 Å². The highest BCUT2D eigenvalue weighted by molar-refractivity contribution is 5.98. The van der Waals surface area contributed by atoms with Crippen molar-refractivity contribution in [2.45, 2.75) is 38.6 Å². The predicted molar refractivity (Wildman–Crippen MR) is 65.4 cm³/mol. The Kier molecular flexibility index (Phi) is 3.57. The molecule has 0 aromatic heterocycles. The van der Waals surface area contributed by atoms with Crippen molar-refractivity contribution < 1.29 is 9.18 Å². The third kappa shape index (κ3) is 2.72. The lowest BCUT2D eigenvalue weighted by Crippen LogP contribution is -2.31. The lowest BCUT2D eigenvalue weighted by atomic mass is 9.81. The van der Waals surface area contributed by atoms with E-state index >= 15 is 0 Å². The second kappa shape index (κ2) is 4.96. The van der Waals surface area contributed by atoms with Gasteiger partial charge in [0.2, 0.25) is 0 Å². The summed E-state index contributed by atoms with van der Waals surface area (Å²) in [6.45, 7) is 1.68. The summed E-state index contributed by atoms with van der Waals surface area (Å²) in [5, 5.41) is 0. The number of ketones is 1. The molecule has 1 aromatic carbocycles. The minimum absolute atomic E-state index is 0.0172. The zero-order chi connectivity index (χ0) is 12.4. The number of hydrogen-bond donors (Lipinski definition) is 1. The van der Waals surface area contributed by atoms with E-state index in [1.54, 1.807) is 19.1 Å². The Balaban J connectivity index is 2.15. The Labute approximate surface area is 101 Å². The van der Waals surface area contributed by atoms with Crippen LogP contribution in [0.25, 0.3) is 0 Å². The Morgan fingerprint density at radius 3 is 2.82 bits per heavy atom. The summed E-state index contributed by atoms with van der Waals surface area (Å²) in [7, 11) is 0. The van der Waals surface area contributed by atoms with E-state index in [4.69, 9.17) is 5.73 Å². The van der Waals surface area contributed by atoms with Crippen LogP contribution in [0.15, 0.2) is 18.2 Å². The number of hydrogen-bond acceptors (Lipinski definition) is 2. The van der Waals surface area contributed by atoms with Crippen LogP contribution in [-0.2, 0) is 0 Å². The van der Waals surface area contributed by atoms with Gasteiger partial charge in [-0.25, -0.2) is 4.39 Å². The number of Topliss-reactive ketones (excluding diaryl/α,β-unsaturated/α-hetero) is 1. The first-order valence-electron chi connectivity index (χ1n) is 6.14. The summed E-state index contributed by atoms with van der Waals surface area (Å²) in [5.74, 6) is -0.131. The van der Waals surface area contributed by atoms with E-state index in [1.165, 1.54) is 6.07 Å². The smallest absolute Gasteiger partial charge is 0.166 e. The minimum atomic E-state index is -0.262. The summed E-state index contributed by atoms with van der Waals surface area (Å²) < 4.78 is 13.1. The molecule has 0 amide bonds. The van der Waals surface area contributed by atoms with Gasteiger partial charge in [-0.1, -0.05) is 6.42 Å². The molecule has 0 saturated heterocycles. The van der Waals surface area contributed by atoms with Crippen LogP contribution in [-0.4, -0.2) is 11.8 Å². The van der Waals surface area contributed by atoms with E-state index in [1.807, 2.05) is 0 Å². The second-order valence-corrected chi connectivity index (χ2v) is 4.95. The van der Waals surface area contributed by atoms with Gasteiger partial charge in [-0.15, -0.1) is 0 Å². The van der Waals surface area contributed by atoms with Crippen molar-refractivity contribution in [3.05, 3.63) is 35.1 Å². The standard InChI is InChI=1S/C14H18FNO/c1-9-7-11(5-6-13(9)15)14(17)10-3-2-4-12(16)8-10/h5-7,10,12H,2-4,8,16H2,1H3. The quantitative estimate of drug-likeness (QED) is 0.801. The van der Waals surface area contributed by atoms with Gasteiger partial charge >= 0.3 is 0 Å². The zero-order valence-corrected chi connectivity index (χ0v) is 10.1. The third-order valence-corrected chi connectivity index (χ3v) is 3.53. The number of rotatable bonds is 2. The van der Waals surface area contributed by atoms with Crippen LogP contribution in [0.2, 0.25) is 0 Å². The maximum atomic E-state index is 13.1. The van der Waals surface area contributed by atoms with Gasteiger partial charge in [-0.2, -0.15) is 0 Å². The molecule has 0 radical (unpaired) electrons. The fourth-order valence-corrected chi connectivity index (χ4v) is 2.50. The van der Waals surface area contributed by atoms with Crippen LogP contribution in [0.3, 0.4) is 0 Å². The van der Waals surface area contributed by atoms with E-state index in [9.17, 15) is 9.18 Å². The van der Waals surface area contributed by atoms with Crippen molar-refractivity contribution in [3.8, 4) is 0 Å². The molecular weight excluding hydrogens is 217 g/mol. The second-order valence-electron chi connectivity index (χ2n) is 4.95. The van der Waals surface area contributed by atoms with Crippen LogP contribution >= 0.6 is 0 Å². The molecule has 1 aliphatic rings. The molecule has 0 heterocycles. The van der Waals surface area contributed by atoms with Crippen LogP contribution in [0, 0.1) is 18.7 Å². The molecule has 0 aliphatic heterocycles. The van der Waals surface area contributed by atoms with Crippen molar-refractivity contribution in [2.24, 2.45) is 11.7 Å². The summed E-state index contributed by atoms with van der Waals surface area (Å²) >= 11 is 0. The lowest BCUT2D eigenvalue weighted by Gasteiger charge is -2.25. The van der Waals surface area contributed by atoms with E-state index in [2.05, 4.69) is 0 Å². The van der Waals surface area contributed by atoms with Gasteiger partial charge in [0.15, 0.2) is 5.78 Å². The molecule has 1 aliphatic carbocycles. The molecule has 1 fully saturated rings. The van der Waals surface area contributed by atoms with E-state index < -0.39 is 0 Å². The van der Waals surface area contributed by atoms with Crippen LogP contribution in [0.1, 0.15) is 41.6 Å². The summed E-state index contributed by atoms with van der Waals surface area (Å²) in [4.78, 5) is 12.2. The van der Waals surface area contributed by atoms with Gasteiger partial charge in [0, 0.05) is 17.5 Å². The minimum Gasteiger partial charge on any atom is -0.328 e. The molecule has 0 spiro atoms. The van der Waals surface area contributed by atoms with E-state index in [0.717, 1.165) is 25.7 Å². The number of carbonyl (C=O) groups excluding carboxylic acids is 1. The van der Waals surface area contributed by atoms with Crippen molar-refractivity contribution in [1.82, 2.24) is 0 Å². The first-order chi connectivity index (χ1) is 8.08. The van der Waals surface area contributed by atoms with Crippen LogP contribution in [0.4, 0.5) is 4.39 Å². The predicted octanol–water partition coefficient (Wildman–Crippen LogP) is 2.83. The molecule has 1 saturated carbocycles. The average Bonchev–Trinajstić information content (AvgIpc) is 2.32. The molecule has 2 unspecified atom stereocenters. The monoisotopic (exact) mass is 235 g/mol. The summed E-state index contributed by atoms with van der Waals surface area (Å²) in [6, 6.07) is 4.72. The highest BCUT2D eigenvalue weighted by atomic mass is 19.1. The molecule has 0 bridgehead atoms. The fourth-order valence-electron chi connectivity index (χ4n) is 2.50. The molecule has 17 heavy (non-hydrogen) atoms. The first kappa shape index (κ1) is 12.2. The summed E-state index contributed by atoms with van der Waals surface area (Å²) in [6.07, 6.45) is 3.68. The maximum absolute atomic E-state index is 13.1. The van der Waals surface area contributed by atoms with Crippen molar-refractivity contribution in [2.75, 3.05) is 0 Å². The van der Waals surface area contributed by atoms with Crippen LogP contribution < -0.4 is 5.73 Å². The largest absolute Gasteiger partial charge is 0.328 e. The van der Waals surface area contributed by atoms with Gasteiger partial charge in [0.25, 0.3) is 0 Å². The molecule has 2 rings (SSSR count). The fraction of sp³-hybridized carbons (Fsp3) is 0.500. The van der Waals surface area contributed by atoms with E-state index in [0.29, 0.717) is 11.1 Å². The highest BCUT2D eigenvalue weighted by Crippen LogP contribution is 2.26. The molecular formula is C14H18FNO. The van der Waals surface area contributed by atoms with Gasteiger partial charge < -0.3 is 5.73 Å². The molecule has 2 atom stereocenters. The Bertz CT molecular complexity index is 430. The third-order valence-electron chi connectivity index (χ3n) is 3.53. The van der Waals surface area contributed by atoms with Gasteiger partial charge in [0.1, 0.15) is 5.82 Å². The highest BCUT2D eigenvalue weighted by Gasteiger charge is 2.26. The zero-order valence-electron chi connectivity index (χ0n) is 10.1. The topological polar surface area (TPSA) is 43.1 Å². The maximum Gasteiger partial charge on any atom is 0.166 e. The molecule has 2 nitrogen and oxygen atoms in total. The van der Waals surface area contributed by atoms with Gasteiger partial charge in [-0.05, 0) is 49.9 Å². The number of carbonyl (C=O) groups is 1. The van der Waals surface area contributed by atoms with Crippen molar-refractivity contribution in [1.29, 1.82) is 0 Å². The SMILES string of the molecule is Cc1cc(C(=O)C2CCCC(N)C2)ccc1F. The number of halogens is 1. The van der Waals surface area contributed by atoms with Gasteiger partial charge in [0.05, 0.1) is 0 Å². The Morgan fingerprint density at radius 1 is 1.41 bits per heavy atom. The average molecular weight is 235 g/mol. The Hall–Kier alpha value is -1.22. The molecule has 2 N–H and O–H groups in total. The Morgan fingerprint density at radius 2 is 2.18 bits per heavy atom. The normalized spacial score (nSPS) is 24.6. The molecule has 1 aromatic rings. The summed E-state index contributed by atoms with van der Waals surface area (Å²) in [5.41, 5.74) is 7.02. The van der Waals surface area contributed by atoms with E-state index in [-0.39, 0.29) is 23.6 Å². The van der Waals surface area contributed by atoms with Gasteiger partial charge in [-0.3, -0.25) is 4.79 Å². The number of nitrogens with two attached hydrogens (primary N) is 1. The van der Waals surface area contributed by atoms with Crippen LogP contribution in [0.5, 0.6) is 0 Å². The first-order valence-corrected chi connectivity index (χ1v) is 6.14.